The Labute approximate surface area is 86.7 Å². The molecule has 0 radical (unpaired) electrons. The number of urea groups is 1. The minimum atomic E-state index is -0.671. The molecule has 0 unspecified atom stereocenters. The van der Waals surface area contributed by atoms with Crippen LogP contribution in [0.2, 0.25) is 0 Å². The molecule has 0 fully saturated rings. The molecule has 2 N–H and O–H groups in total. The van der Waals surface area contributed by atoms with E-state index in [1.165, 1.54) is 6.07 Å². The fourth-order valence-corrected chi connectivity index (χ4v) is 0.830. The van der Waals surface area contributed by atoms with Crippen LogP contribution in [0.4, 0.5) is 10.5 Å². The van der Waals surface area contributed by atoms with Crippen LogP contribution in [0, 0.1) is 23.5 Å². The first kappa shape index (κ1) is 10.6. The van der Waals surface area contributed by atoms with E-state index in [2.05, 4.69) is 17.4 Å². The molecule has 0 heterocycles. The Morgan fingerprint density at radius 3 is 2.87 bits per heavy atom. The number of imide groups is 1. The first-order valence-corrected chi connectivity index (χ1v) is 4.08. The summed E-state index contributed by atoms with van der Waals surface area (Å²) in [6.45, 7) is 0. The van der Waals surface area contributed by atoms with Crippen molar-refractivity contribution in [3.05, 3.63) is 30.3 Å². The summed E-state index contributed by atoms with van der Waals surface area (Å²) in [5, 5.41) is 12.6. The molecule has 1 rings (SSSR count). The largest absolute Gasteiger partial charge is 0.325 e. The van der Waals surface area contributed by atoms with Gasteiger partial charge >= 0.3 is 6.03 Å². The van der Waals surface area contributed by atoms with Gasteiger partial charge in [-0.25, -0.2) is 4.79 Å². The molecule has 0 aliphatic carbocycles. The summed E-state index contributed by atoms with van der Waals surface area (Å²) in [6, 6.07) is 10.9. The third-order valence-electron chi connectivity index (χ3n) is 1.41. The normalized spacial score (nSPS) is 8.20. The third kappa shape index (κ3) is 3.79. The lowest BCUT2D eigenvalue weighted by atomic mass is 10.4. The lowest BCUT2D eigenvalue weighted by Crippen LogP contribution is -2.33. The molecular weight excluding hydrogens is 194 g/mol. The van der Waals surface area contributed by atoms with Gasteiger partial charge < -0.3 is 5.32 Å². The van der Waals surface area contributed by atoms with E-state index >= 15 is 0 Å². The maximum atomic E-state index is 11.1. The number of hydrogen-bond acceptors (Lipinski definition) is 3. The molecule has 15 heavy (non-hydrogen) atoms. The lowest BCUT2D eigenvalue weighted by molar-refractivity contribution is -0.118. The Morgan fingerprint density at radius 1 is 1.47 bits per heavy atom. The zero-order chi connectivity index (χ0) is 11.1. The monoisotopic (exact) mass is 201 g/mol. The first-order chi connectivity index (χ1) is 7.22. The van der Waals surface area contributed by atoms with E-state index in [9.17, 15) is 9.59 Å². The van der Waals surface area contributed by atoms with Crippen molar-refractivity contribution in [2.24, 2.45) is 0 Å². The molecule has 0 bridgehead atoms. The van der Waals surface area contributed by atoms with Gasteiger partial charge in [0.1, 0.15) is 6.42 Å². The fraction of sp³-hybridized carbons (Fsp3) is 0.100. The molecule has 0 atom stereocenters. The Bertz CT molecular complexity index is 395. The molecule has 0 saturated heterocycles. The highest BCUT2D eigenvalue weighted by Gasteiger charge is 2.06. The highest BCUT2D eigenvalue weighted by Crippen LogP contribution is 2.01. The molecule has 3 amide bonds. The molecule has 5 heteroatoms. The molecule has 5 nitrogen and oxygen atoms in total. The van der Waals surface area contributed by atoms with Gasteiger partial charge in [0.05, 0.1) is 11.8 Å². The van der Waals surface area contributed by atoms with E-state index in [0.717, 1.165) is 0 Å². The minimum absolute atomic E-state index is 0.345. The average Bonchev–Trinajstić information content (AvgIpc) is 2.19. The second kappa shape index (κ2) is 5.25. The number of nitrogens with one attached hydrogen (secondary N) is 2. The minimum Gasteiger partial charge on any atom is -0.307 e. The average molecular weight is 201 g/mol. The summed E-state index contributed by atoms with van der Waals surface area (Å²) in [4.78, 5) is 22.0. The van der Waals surface area contributed by atoms with Gasteiger partial charge in [0.25, 0.3) is 0 Å². The van der Waals surface area contributed by atoms with E-state index < -0.39 is 11.9 Å². The standard InChI is InChI=1S/C10H7N3O2/c11-7-6-9(14)13-10(15)12-8-4-2-1-3-5-8/h2,4-5H,6H2,(H2,12,13,14,15). The molecule has 0 saturated carbocycles. The van der Waals surface area contributed by atoms with Gasteiger partial charge in [0.2, 0.25) is 5.91 Å². The van der Waals surface area contributed by atoms with Crippen LogP contribution < -0.4 is 10.6 Å². The van der Waals surface area contributed by atoms with Crippen molar-refractivity contribution in [2.75, 3.05) is 5.32 Å². The number of rotatable bonds is 2. The third-order valence-corrected chi connectivity index (χ3v) is 1.41. The van der Waals surface area contributed by atoms with Gasteiger partial charge in [-0.3, -0.25) is 10.1 Å². The molecule has 0 aliphatic rings. The van der Waals surface area contributed by atoms with Crippen molar-refractivity contribution in [1.82, 2.24) is 5.32 Å². The zero-order valence-electron chi connectivity index (χ0n) is 7.70. The van der Waals surface area contributed by atoms with Gasteiger partial charge in [-0.2, -0.15) is 5.26 Å². The summed E-state index contributed by atoms with van der Waals surface area (Å²) >= 11 is 0. The molecule has 1 aromatic carbocycles. The number of anilines is 1. The molecular formula is C10H7N3O2. The van der Waals surface area contributed by atoms with Crippen molar-refractivity contribution < 1.29 is 9.59 Å². The number of carbonyl (C=O) groups excluding carboxylic acids is 2. The Hall–Kier alpha value is -2.53. The zero-order valence-corrected chi connectivity index (χ0v) is 7.70. The van der Waals surface area contributed by atoms with Crippen molar-refractivity contribution in [2.45, 2.75) is 6.42 Å². The quantitative estimate of drug-likeness (QED) is 0.744. The van der Waals surface area contributed by atoms with E-state index in [4.69, 9.17) is 5.26 Å². The van der Waals surface area contributed by atoms with Crippen LogP contribution in [-0.4, -0.2) is 11.9 Å². The van der Waals surface area contributed by atoms with E-state index in [1.807, 2.05) is 5.32 Å². The summed E-state index contributed by atoms with van der Waals surface area (Å²) < 4.78 is 0. The van der Waals surface area contributed by atoms with E-state index in [1.54, 1.807) is 18.2 Å². The Kier molecular flexibility index (Phi) is 3.70. The maximum Gasteiger partial charge on any atom is 0.325 e. The predicted molar refractivity (Wildman–Crippen MR) is 51.5 cm³/mol. The second-order valence-electron chi connectivity index (χ2n) is 2.56. The Balaban J connectivity index is 2.44. The summed E-state index contributed by atoms with van der Waals surface area (Å²) in [7, 11) is 0. The van der Waals surface area contributed by atoms with Crippen molar-refractivity contribution >= 4 is 17.6 Å². The van der Waals surface area contributed by atoms with Crippen molar-refractivity contribution in [3.8, 4) is 6.07 Å². The number of carbonyl (C=O) groups is 2. The lowest BCUT2D eigenvalue weighted by Gasteiger charge is -2.03. The molecule has 1 aromatic rings. The van der Waals surface area contributed by atoms with E-state index in [-0.39, 0.29) is 6.42 Å². The van der Waals surface area contributed by atoms with Gasteiger partial charge in [-0.1, -0.05) is 12.1 Å². The topological polar surface area (TPSA) is 82.0 Å². The van der Waals surface area contributed by atoms with E-state index in [0.29, 0.717) is 5.69 Å². The molecule has 0 spiro atoms. The van der Waals surface area contributed by atoms with Crippen LogP contribution in [0.15, 0.2) is 18.2 Å². The van der Waals surface area contributed by atoms with Crippen LogP contribution in [0.3, 0.4) is 0 Å². The van der Waals surface area contributed by atoms with Gasteiger partial charge in [0.15, 0.2) is 0 Å². The number of nitrogens with zero attached hydrogens (tertiary/aromatic N) is 1. The van der Waals surface area contributed by atoms with Crippen molar-refractivity contribution in [3.63, 3.8) is 0 Å². The molecule has 74 valence electrons. The predicted octanol–water partition coefficient (Wildman–Crippen LogP) is 0.849. The van der Waals surface area contributed by atoms with Crippen LogP contribution in [0.25, 0.3) is 0 Å². The van der Waals surface area contributed by atoms with Gasteiger partial charge in [-0.15, -0.1) is 0 Å². The van der Waals surface area contributed by atoms with Crippen LogP contribution in [0.5, 0.6) is 0 Å². The summed E-state index contributed by atoms with van der Waals surface area (Å²) in [5.41, 5.74) is 0.496. The second-order valence-corrected chi connectivity index (χ2v) is 2.56. The van der Waals surface area contributed by atoms with Crippen molar-refractivity contribution in [1.29, 1.82) is 5.26 Å². The van der Waals surface area contributed by atoms with Crippen LogP contribution in [0.1, 0.15) is 6.42 Å². The molecule has 0 aromatic heterocycles. The fourth-order valence-electron chi connectivity index (χ4n) is 0.830. The number of hydrogen-bond donors (Lipinski definition) is 2. The van der Waals surface area contributed by atoms with Crippen LogP contribution in [-0.2, 0) is 4.79 Å². The number of nitriles is 1. The Morgan fingerprint density at radius 2 is 2.27 bits per heavy atom. The SMILES string of the molecule is N#CCC(=O)NC(=O)Nc1cc#ccc1. The van der Waals surface area contributed by atoms with Gasteiger partial charge in [0, 0.05) is 6.07 Å². The highest BCUT2D eigenvalue weighted by molar-refractivity contribution is 6.01. The number of amides is 3. The summed E-state index contributed by atoms with van der Waals surface area (Å²) in [5.74, 6) is -0.638. The summed E-state index contributed by atoms with van der Waals surface area (Å²) in [6.07, 6.45) is -0.345. The van der Waals surface area contributed by atoms with Crippen LogP contribution >= 0.6 is 0 Å². The molecule has 0 aliphatic heterocycles. The maximum absolute atomic E-state index is 11.1. The highest BCUT2D eigenvalue weighted by atomic mass is 16.2. The first-order valence-electron chi connectivity index (χ1n) is 4.08. The smallest absolute Gasteiger partial charge is 0.307 e. The van der Waals surface area contributed by atoms with Gasteiger partial charge in [-0.05, 0) is 12.1 Å².